The van der Waals surface area contributed by atoms with Crippen molar-refractivity contribution in [1.29, 1.82) is 0 Å². The molecule has 1 atom stereocenters. The Morgan fingerprint density at radius 1 is 1.06 bits per heavy atom. The molecule has 0 aliphatic carbocycles. The van der Waals surface area contributed by atoms with Crippen molar-refractivity contribution in [3.8, 4) is 5.88 Å². The Balaban J connectivity index is 1.49. The number of ether oxygens (including phenoxy) is 1. The fraction of sp³-hybridized carbons (Fsp3) is 0.286. The third-order valence-electron chi connectivity index (χ3n) is 6.32. The largest absolute Gasteiger partial charge is 0.481 e. The zero-order valence-corrected chi connectivity index (χ0v) is 21.1. The van der Waals surface area contributed by atoms with E-state index in [1.807, 2.05) is 68.6 Å². The van der Waals surface area contributed by atoms with Gasteiger partial charge in [0.25, 0.3) is 11.8 Å². The van der Waals surface area contributed by atoms with Gasteiger partial charge in [-0.15, -0.1) is 0 Å². The Morgan fingerprint density at radius 3 is 2.50 bits per heavy atom. The predicted molar refractivity (Wildman–Crippen MR) is 139 cm³/mol. The highest BCUT2D eigenvalue weighted by molar-refractivity contribution is 5.95. The van der Waals surface area contributed by atoms with Crippen molar-refractivity contribution in [2.45, 2.75) is 25.8 Å². The Morgan fingerprint density at radius 2 is 1.78 bits per heavy atom. The van der Waals surface area contributed by atoms with Gasteiger partial charge in [0, 0.05) is 44.0 Å². The quantitative estimate of drug-likeness (QED) is 0.390. The molecule has 2 heterocycles. The van der Waals surface area contributed by atoms with Crippen molar-refractivity contribution in [3.05, 3.63) is 89.4 Å². The molecule has 8 heteroatoms. The molecular formula is C28H31N5O3. The smallest absolute Gasteiger partial charge is 0.287 e. The number of pyridine rings is 1. The maximum Gasteiger partial charge on any atom is 0.287 e. The molecule has 0 bridgehead atoms. The van der Waals surface area contributed by atoms with Gasteiger partial charge < -0.3 is 19.5 Å². The molecule has 0 radical (unpaired) electrons. The SMILES string of the molecule is COc1cc(C(=O)N(C)C(CCNC(=O)c2nc3ccccc3n2C)Cc2ccccc2)cc(C)n1. The van der Waals surface area contributed by atoms with Gasteiger partial charge in [0.1, 0.15) is 0 Å². The number of carbonyl (C=O) groups excluding carboxylic acids is 2. The van der Waals surface area contributed by atoms with E-state index in [9.17, 15) is 9.59 Å². The number of nitrogens with zero attached hydrogens (tertiary/aromatic N) is 4. The zero-order valence-electron chi connectivity index (χ0n) is 21.1. The van der Waals surface area contributed by atoms with Crippen LogP contribution in [0.3, 0.4) is 0 Å². The summed E-state index contributed by atoms with van der Waals surface area (Å²) in [5.74, 6) is 0.401. The summed E-state index contributed by atoms with van der Waals surface area (Å²) in [4.78, 5) is 36.8. The van der Waals surface area contributed by atoms with Crippen molar-refractivity contribution in [2.24, 2.45) is 7.05 Å². The first-order valence-electron chi connectivity index (χ1n) is 11.9. The van der Waals surface area contributed by atoms with Crippen LogP contribution in [0.15, 0.2) is 66.7 Å². The second-order valence-corrected chi connectivity index (χ2v) is 8.83. The molecule has 0 aliphatic rings. The number of carbonyl (C=O) groups is 2. The van der Waals surface area contributed by atoms with Gasteiger partial charge in [0.2, 0.25) is 5.88 Å². The van der Waals surface area contributed by atoms with Gasteiger partial charge in [0.15, 0.2) is 5.82 Å². The van der Waals surface area contributed by atoms with Gasteiger partial charge in [-0.3, -0.25) is 9.59 Å². The van der Waals surface area contributed by atoms with E-state index in [1.54, 1.807) is 28.6 Å². The molecule has 8 nitrogen and oxygen atoms in total. The molecule has 0 aliphatic heterocycles. The monoisotopic (exact) mass is 485 g/mol. The molecule has 1 N–H and O–H groups in total. The summed E-state index contributed by atoms with van der Waals surface area (Å²) in [5, 5.41) is 2.99. The number of imidazole rings is 1. The van der Waals surface area contributed by atoms with E-state index < -0.39 is 0 Å². The average Bonchev–Trinajstić information content (AvgIpc) is 3.24. The zero-order chi connectivity index (χ0) is 25.7. The fourth-order valence-corrected chi connectivity index (χ4v) is 4.33. The maximum absolute atomic E-state index is 13.4. The normalized spacial score (nSPS) is 11.8. The molecule has 0 spiro atoms. The van der Waals surface area contributed by atoms with Gasteiger partial charge in [-0.25, -0.2) is 9.97 Å². The summed E-state index contributed by atoms with van der Waals surface area (Å²) in [5.41, 5.74) is 4.02. The maximum atomic E-state index is 13.4. The number of likely N-dealkylation sites (N-methyl/N-ethyl adjacent to an activating group) is 1. The molecule has 0 saturated heterocycles. The highest BCUT2D eigenvalue weighted by Crippen LogP contribution is 2.18. The highest BCUT2D eigenvalue weighted by Gasteiger charge is 2.23. The van der Waals surface area contributed by atoms with Gasteiger partial charge in [-0.2, -0.15) is 0 Å². The number of nitrogens with one attached hydrogen (secondary N) is 1. The topological polar surface area (TPSA) is 89.4 Å². The highest BCUT2D eigenvalue weighted by atomic mass is 16.5. The lowest BCUT2D eigenvalue weighted by atomic mass is 10.0. The molecule has 1 unspecified atom stereocenters. The van der Waals surface area contributed by atoms with Crippen LogP contribution in [0.1, 0.15) is 38.7 Å². The van der Waals surface area contributed by atoms with Crippen LogP contribution in [0, 0.1) is 6.92 Å². The van der Waals surface area contributed by atoms with E-state index in [-0.39, 0.29) is 17.9 Å². The van der Waals surface area contributed by atoms with E-state index in [1.165, 1.54) is 7.11 Å². The van der Waals surface area contributed by atoms with Crippen LogP contribution >= 0.6 is 0 Å². The second kappa shape index (κ2) is 11.0. The first-order chi connectivity index (χ1) is 17.4. The van der Waals surface area contributed by atoms with Crippen LogP contribution in [0.5, 0.6) is 5.88 Å². The van der Waals surface area contributed by atoms with Gasteiger partial charge in [0.05, 0.1) is 18.1 Å². The molecule has 2 amide bonds. The van der Waals surface area contributed by atoms with E-state index in [0.29, 0.717) is 42.3 Å². The van der Waals surface area contributed by atoms with Crippen LogP contribution in [0.2, 0.25) is 0 Å². The number of aromatic nitrogens is 3. The van der Waals surface area contributed by atoms with Crippen LogP contribution < -0.4 is 10.1 Å². The number of amides is 2. The van der Waals surface area contributed by atoms with Gasteiger partial charge >= 0.3 is 0 Å². The van der Waals surface area contributed by atoms with Gasteiger partial charge in [-0.05, 0) is 43.5 Å². The number of rotatable bonds is 9. The minimum Gasteiger partial charge on any atom is -0.481 e. The van der Waals surface area contributed by atoms with Crippen molar-refractivity contribution in [1.82, 2.24) is 24.8 Å². The van der Waals surface area contributed by atoms with E-state index in [4.69, 9.17) is 4.74 Å². The minimum absolute atomic E-state index is 0.124. The number of fused-ring (bicyclic) bond motifs is 1. The Hall–Kier alpha value is -4.20. The third kappa shape index (κ3) is 5.54. The standard InChI is InChI=1S/C28H31N5O3/c1-19-16-21(18-25(30-19)36-4)28(35)32(2)22(17-20-10-6-5-7-11-20)14-15-29-27(34)26-31-23-12-8-9-13-24(23)33(26)3/h5-13,16,18,22H,14-15,17H2,1-4H3,(H,29,34). The van der Waals surface area contributed by atoms with E-state index >= 15 is 0 Å². The number of methoxy groups -OCH3 is 1. The fourth-order valence-electron chi connectivity index (χ4n) is 4.33. The van der Waals surface area contributed by atoms with Crippen LogP contribution in [-0.2, 0) is 13.5 Å². The summed E-state index contributed by atoms with van der Waals surface area (Å²) in [7, 11) is 5.16. The summed E-state index contributed by atoms with van der Waals surface area (Å²) >= 11 is 0. The Kier molecular flexibility index (Phi) is 7.63. The van der Waals surface area contributed by atoms with Crippen molar-refractivity contribution < 1.29 is 14.3 Å². The van der Waals surface area contributed by atoms with E-state index in [0.717, 1.165) is 16.6 Å². The van der Waals surface area contributed by atoms with Gasteiger partial charge in [-0.1, -0.05) is 42.5 Å². The van der Waals surface area contributed by atoms with Crippen molar-refractivity contribution in [3.63, 3.8) is 0 Å². The minimum atomic E-state index is -0.240. The number of aryl methyl sites for hydroxylation is 2. The Labute approximate surface area is 210 Å². The lowest BCUT2D eigenvalue weighted by Gasteiger charge is -2.29. The van der Waals surface area contributed by atoms with Crippen LogP contribution in [-0.4, -0.2) is 58.0 Å². The average molecular weight is 486 g/mol. The number of benzene rings is 2. The van der Waals surface area contributed by atoms with Crippen LogP contribution in [0.4, 0.5) is 0 Å². The molecule has 2 aromatic carbocycles. The molecule has 0 fully saturated rings. The summed E-state index contributed by atoms with van der Waals surface area (Å²) in [6.07, 6.45) is 1.24. The van der Waals surface area contributed by atoms with Crippen molar-refractivity contribution in [2.75, 3.05) is 20.7 Å². The number of hydrogen-bond donors (Lipinski definition) is 1. The summed E-state index contributed by atoms with van der Waals surface area (Å²) in [6.45, 7) is 2.23. The molecule has 2 aromatic heterocycles. The van der Waals surface area contributed by atoms with Crippen molar-refractivity contribution >= 4 is 22.8 Å². The number of hydrogen-bond acceptors (Lipinski definition) is 5. The van der Waals surface area contributed by atoms with Crippen LogP contribution in [0.25, 0.3) is 11.0 Å². The molecule has 0 saturated carbocycles. The lowest BCUT2D eigenvalue weighted by Crippen LogP contribution is -2.41. The predicted octanol–water partition coefficient (Wildman–Crippen LogP) is 3.79. The van der Waals surface area contributed by atoms with E-state index in [2.05, 4.69) is 15.3 Å². The third-order valence-corrected chi connectivity index (χ3v) is 6.32. The second-order valence-electron chi connectivity index (χ2n) is 8.83. The molecule has 36 heavy (non-hydrogen) atoms. The molecule has 4 rings (SSSR count). The summed E-state index contributed by atoms with van der Waals surface area (Å²) in [6, 6.07) is 20.9. The molecule has 186 valence electrons. The first kappa shape index (κ1) is 24.9. The summed E-state index contributed by atoms with van der Waals surface area (Å²) < 4.78 is 7.04. The Bertz CT molecular complexity index is 1370. The first-order valence-corrected chi connectivity index (χ1v) is 11.9. The number of para-hydroxylation sites is 2. The lowest BCUT2D eigenvalue weighted by molar-refractivity contribution is 0.0722. The molecule has 4 aromatic rings. The molecular weight excluding hydrogens is 454 g/mol.